The average molecular weight is 152 g/mol. The van der Waals surface area contributed by atoms with Gasteiger partial charge in [-0.05, 0) is 6.42 Å². The molecule has 3 N–H and O–H groups in total. The minimum atomic E-state index is 0. The zero-order chi connectivity index (χ0) is 6.57. The Kier molecular flexibility index (Phi) is 7.19. The van der Waals surface area contributed by atoms with Gasteiger partial charge in [0.15, 0.2) is 5.96 Å². The highest BCUT2D eigenvalue weighted by Gasteiger charge is 1.93. The number of nitrogens with one attached hydrogen (secondary N) is 1. The van der Waals surface area contributed by atoms with Gasteiger partial charge < -0.3 is 10.6 Å². The fourth-order valence-corrected chi connectivity index (χ4v) is 0.456. The molecule has 0 fully saturated rings. The third-order valence-corrected chi connectivity index (χ3v) is 0.970. The lowest BCUT2D eigenvalue weighted by Crippen LogP contribution is -2.33. The lowest BCUT2D eigenvalue weighted by Gasteiger charge is -2.13. The topological polar surface area (TPSA) is 53.1 Å². The summed E-state index contributed by atoms with van der Waals surface area (Å²) in [5.41, 5.74) is 5.13. The standard InChI is InChI=1S/C5H13N3.ClH/c1-3-4-8(2)5(6)7;/h3-4H2,1-2H3,(H3,6,7);1H. The number of nitrogens with zero attached hydrogens (tertiary/aromatic N) is 1. The van der Waals surface area contributed by atoms with Crippen LogP contribution in [-0.4, -0.2) is 24.5 Å². The fraction of sp³-hybridized carbons (Fsp3) is 0.800. The van der Waals surface area contributed by atoms with Crippen LogP contribution in [0.3, 0.4) is 0 Å². The van der Waals surface area contributed by atoms with Crippen LogP contribution in [0.2, 0.25) is 0 Å². The highest BCUT2D eigenvalue weighted by molar-refractivity contribution is 5.85. The van der Waals surface area contributed by atoms with Crippen molar-refractivity contribution in [3.05, 3.63) is 0 Å². The van der Waals surface area contributed by atoms with Crippen molar-refractivity contribution in [2.75, 3.05) is 13.6 Å². The monoisotopic (exact) mass is 151 g/mol. The van der Waals surface area contributed by atoms with Gasteiger partial charge in [0.1, 0.15) is 0 Å². The highest BCUT2D eigenvalue weighted by atomic mass is 35.5. The number of nitrogens with two attached hydrogens (primary N) is 1. The molecule has 4 heteroatoms. The van der Waals surface area contributed by atoms with Crippen LogP contribution in [0.15, 0.2) is 0 Å². The Morgan fingerprint density at radius 1 is 1.67 bits per heavy atom. The summed E-state index contributed by atoms with van der Waals surface area (Å²) in [6.45, 7) is 2.93. The molecule has 0 aromatic rings. The SMILES string of the molecule is CCCN(C)C(=N)N.Cl. The van der Waals surface area contributed by atoms with Crippen molar-refractivity contribution in [3.8, 4) is 0 Å². The summed E-state index contributed by atoms with van der Waals surface area (Å²) in [6.07, 6.45) is 1.04. The maximum Gasteiger partial charge on any atom is 0.188 e. The predicted octanol–water partition coefficient (Wildman–Crippen LogP) is 0.643. The van der Waals surface area contributed by atoms with E-state index in [9.17, 15) is 0 Å². The molecule has 0 saturated carbocycles. The van der Waals surface area contributed by atoms with Gasteiger partial charge in [0.05, 0.1) is 0 Å². The van der Waals surface area contributed by atoms with Crippen molar-refractivity contribution in [2.45, 2.75) is 13.3 Å². The number of hydrogen-bond acceptors (Lipinski definition) is 1. The van der Waals surface area contributed by atoms with Crippen LogP contribution in [-0.2, 0) is 0 Å². The van der Waals surface area contributed by atoms with Crippen LogP contribution in [0.4, 0.5) is 0 Å². The van der Waals surface area contributed by atoms with Crippen LogP contribution in [0.25, 0.3) is 0 Å². The minimum Gasteiger partial charge on any atom is -0.370 e. The molecule has 0 aliphatic heterocycles. The van der Waals surface area contributed by atoms with Crippen LogP contribution in [0.1, 0.15) is 13.3 Å². The van der Waals surface area contributed by atoms with Crippen molar-refractivity contribution in [3.63, 3.8) is 0 Å². The molecule has 0 aromatic heterocycles. The smallest absolute Gasteiger partial charge is 0.188 e. The number of guanidine groups is 1. The highest BCUT2D eigenvalue weighted by Crippen LogP contribution is 1.81. The van der Waals surface area contributed by atoms with Crippen molar-refractivity contribution >= 4 is 18.4 Å². The maximum absolute atomic E-state index is 6.91. The second kappa shape index (κ2) is 5.69. The number of rotatable bonds is 2. The van der Waals surface area contributed by atoms with E-state index in [0.717, 1.165) is 13.0 Å². The number of halogens is 1. The predicted molar refractivity (Wildman–Crippen MR) is 42.1 cm³/mol. The summed E-state index contributed by atoms with van der Waals surface area (Å²) in [5, 5.41) is 6.91. The minimum absolute atomic E-state index is 0. The van der Waals surface area contributed by atoms with Gasteiger partial charge in [-0.2, -0.15) is 0 Å². The van der Waals surface area contributed by atoms with E-state index in [1.54, 1.807) is 4.90 Å². The van der Waals surface area contributed by atoms with Gasteiger partial charge in [-0.3, -0.25) is 5.41 Å². The summed E-state index contributed by atoms with van der Waals surface area (Å²) >= 11 is 0. The molecular formula is C5H14ClN3. The second-order valence-electron chi connectivity index (χ2n) is 1.81. The van der Waals surface area contributed by atoms with Crippen LogP contribution in [0, 0.1) is 5.41 Å². The van der Waals surface area contributed by atoms with Crippen molar-refractivity contribution < 1.29 is 0 Å². The summed E-state index contributed by atoms with van der Waals surface area (Å²) in [5.74, 6) is 0.145. The Hall–Kier alpha value is -0.440. The number of hydrogen-bond donors (Lipinski definition) is 2. The van der Waals surface area contributed by atoms with Gasteiger partial charge in [0, 0.05) is 13.6 Å². The third-order valence-electron chi connectivity index (χ3n) is 0.970. The van der Waals surface area contributed by atoms with E-state index in [1.165, 1.54) is 0 Å². The molecule has 3 nitrogen and oxygen atoms in total. The molecule has 0 aliphatic rings. The molecule has 0 atom stereocenters. The largest absolute Gasteiger partial charge is 0.370 e. The molecular weight excluding hydrogens is 138 g/mol. The molecule has 0 heterocycles. The summed E-state index contributed by atoms with van der Waals surface area (Å²) in [6, 6.07) is 0. The van der Waals surface area contributed by atoms with Gasteiger partial charge in [-0.1, -0.05) is 6.92 Å². The lowest BCUT2D eigenvalue weighted by molar-refractivity contribution is 0.492. The molecule has 0 radical (unpaired) electrons. The first-order valence-electron chi connectivity index (χ1n) is 2.73. The molecule has 0 bridgehead atoms. The first kappa shape index (κ1) is 11.4. The molecule has 0 spiro atoms. The molecule has 0 aromatic carbocycles. The van der Waals surface area contributed by atoms with Gasteiger partial charge in [0.2, 0.25) is 0 Å². The average Bonchev–Trinajstić information content (AvgIpc) is 1.67. The van der Waals surface area contributed by atoms with Crippen LogP contribution < -0.4 is 5.73 Å². The van der Waals surface area contributed by atoms with Crippen LogP contribution >= 0.6 is 12.4 Å². The molecule has 0 saturated heterocycles. The van der Waals surface area contributed by atoms with E-state index in [-0.39, 0.29) is 18.4 Å². The molecule has 0 amide bonds. The molecule has 0 rings (SSSR count). The zero-order valence-corrected chi connectivity index (χ0v) is 6.66. The van der Waals surface area contributed by atoms with E-state index < -0.39 is 0 Å². The van der Waals surface area contributed by atoms with E-state index in [0.29, 0.717) is 0 Å². The fourth-order valence-electron chi connectivity index (χ4n) is 0.456. The molecule has 56 valence electrons. The summed E-state index contributed by atoms with van der Waals surface area (Å²) in [7, 11) is 1.81. The first-order valence-corrected chi connectivity index (χ1v) is 2.73. The maximum atomic E-state index is 6.91. The van der Waals surface area contributed by atoms with Gasteiger partial charge in [-0.15, -0.1) is 12.4 Å². The molecule has 0 aliphatic carbocycles. The molecule has 0 unspecified atom stereocenters. The van der Waals surface area contributed by atoms with E-state index in [4.69, 9.17) is 11.1 Å². The van der Waals surface area contributed by atoms with Gasteiger partial charge >= 0.3 is 0 Å². The second-order valence-corrected chi connectivity index (χ2v) is 1.81. The van der Waals surface area contributed by atoms with Crippen molar-refractivity contribution in [1.82, 2.24) is 4.90 Å². The van der Waals surface area contributed by atoms with Gasteiger partial charge in [0.25, 0.3) is 0 Å². The van der Waals surface area contributed by atoms with Crippen molar-refractivity contribution in [1.29, 1.82) is 5.41 Å². The van der Waals surface area contributed by atoms with E-state index in [1.807, 2.05) is 7.05 Å². The Bertz CT molecular complexity index is 84.3. The lowest BCUT2D eigenvalue weighted by atomic mass is 10.4. The Morgan fingerprint density at radius 2 is 2.11 bits per heavy atom. The van der Waals surface area contributed by atoms with E-state index in [2.05, 4.69) is 6.92 Å². The Balaban J connectivity index is 0. The van der Waals surface area contributed by atoms with Crippen LogP contribution in [0.5, 0.6) is 0 Å². The zero-order valence-electron chi connectivity index (χ0n) is 5.85. The molecule has 9 heavy (non-hydrogen) atoms. The quantitative estimate of drug-likeness (QED) is 0.450. The Labute approximate surface area is 62.1 Å². The summed E-state index contributed by atoms with van der Waals surface area (Å²) < 4.78 is 0. The normalized spacial score (nSPS) is 7.78. The first-order chi connectivity index (χ1) is 3.68. The van der Waals surface area contributed by atoms with Gasteiger partial charge in [-0.25, -0.2) is 0 Å². The third kappa shape index (κ3) is 5.43. The van der Waals surface area contributed by atoms with Crippen molar-refractivity contribution in [2.24, 2.45) is 5.73 Å². The van der Waals surface area contributed by atoms with E-state index >= 15 is 0 Å². The summed E-state index contributed by atoms with van der Waals surface area (Å²) in [4.78, 5) is 1.71. The Morgan fingerprint density at radius 3 is 2.22 bits per heavy atom.